The summed E-state index contributed by atoms with van der Waals surface area (Å²) in [7, 11) is -0.782. The lowest BCUT2D eigenvalue weighted by molar-refractivity contribution is 0.00578. The van der Waals surface area contributed by atoms with E-state index in [1.807, 2.05) is 27.7 Å². The summed E-state index contributed by atoms with van der Waals surface area (Å²) in [6.07, 6.45) is -1.15. The van der Waals surface area contributed by atoms with Crippen LogP contribution in [0.15, 0.2) is 12.1 Å². The van der Waals surface area contributed by atoms with E-state index in [2.05, 4.69) is 5.32 Å². The second-order valence-electron chi connectivity index (χ2n) is 6.94. The maximum atomic E-state index is 14.8. The van der Waals surface area contributed by atoms with E-state index >= 15 is 0 Å². The minimum Gasteiger partial charge on any atom is -0.465 e. The zero-order valence-corrected chi connectivity index (χ0v) is 14.4. The van der Waals surface area contributed by atoms with Crippen molar-refractivity contribution in [2.75, 3.05) is 0 Å². The molecule has 1 fully saturated rings. The van der Waals surface area contributed by atoms with Crippen molar-refractivity contribution in [1.82, 2.24) is 5.32 Å². The van der Waals surface area contributed by atoms with Crippen molar-refractivity contribution in [2.45, 2.75) is 58.8 Å². The zero-order valence-electron chi connectivity index (χ0n) is 14.4. The Balaban J connectivity index is 2.33. The largest absolute Gasteiger partial charge is 0.497 e. The molecule has 1 saturated heterocycles. The van der Waals surface area contributed by atoms with Gasteiger partial charge in [0.05, 0.1) is 17.2 Å². The average Bonchev–Trinajstić information content (AvgIpc) is 2.60. The summed E-state index contributed by atoms with van der Waals surface area (Å²) in [4.78, 5) is 10.8. The molecule has 23 heavy (non-hydrogen) atoms. The molecule has 0 aliphatic carbocycles. The molecule has 0 spiro atoms. The molecule has 2 rings (SSSR count). The molecule has 1 aliphatic heterocycles. The maximum absolute atomic E-state index is 14.8. The zero-order chi connectivity index (χ0) is 17.6. The number of carboxylic acid groups (broad SMARTS) is 1. The second-order valence-corrected chi connectivity index (χ2v) is 6.94. The van der Waals surface area contributed by atoms with Gasteiger partial charge in [-0.15, -0.1) is 0 Å². The molecular weight excluding hydrogens is 300 g/mol. The van der Waals surface area contributed by atoms with Crippen LogP contribution in [0.25, 0.3) is 0 Å². The van der Waals surface area contributed by atoms with Gasteiger partial charge in [0.1, 0.15) is 5.82 Å². The van der Waals surface area contributed by atoms with Crippen LogP contribution in [0.3, 0.4) is 0 Å². The van der Waals surface area contributed by atoms with Crippen molar-refractivity contribution in [3.05, 3.63) is 29.1 Å². The van der Waals surface area contributed by atoms with E-state index < -0.39 is 36.3 Å². The van der Waals surface area contributed by atoms with Crippen LogP contribution in [0.4, 0.5) is 9.18 Å². The highest BCUT2D eigenvalue weighted by atomic mass is 19.1. The van der Waals surface area contributed by atoms with Crippen molar-refractivity contribution in [3.8, 4) is 0 Å². The van der Waals surface area contributed by atoms with Crippen LogP contribution in [0, 0.1) is 12.7 Å². The molecule has 0 unspecified atom stereocenters. The summed E-state index contributed by atoms with van der Waals surface area (Å²) in [5, 5.41) is 11.1. The molecule has 1 aliphatic rings. The summed E-state index contributed by atoms with van der Waals surface area (Å²) >= 11 is 0. The van der Waals surface area contributed by atoms with Gasteiger partial charge < -0.3 is 19.7 Å². The first-order chi connectivity index (χ1) is 10.5. The SMILES string of the molecule is Cc1c([C@@H](C)NC(=O)O)ccc(B2OC(C)(C)C(C)(C)O2)c1F. The van der Waals surface area contributed by atoms with E-state index in [0.717, 1.165) is 0 Å². The van der Waals surface area contributed by atoms with Crippen LogP contribution in [0.1, 0.15) is 51.8 Å². The number of halogens is 1. The van der Waals surface area contributed by atoms with Gasteiger partial charge >= 0.3 is 13.2 Å². The number of hydrogen-bond donors (Lipinski definition) is 2. The highest BCUT2D eigenvalue weighted by Crippen LogP contribution is 2.37. The monoisotopic (exact) mass is 323 g/mol. The molecule has 0 bridgehead atoms. The Morgan fingerprint density at radius 2 is 1.78 bits per heavy atom. The predicted octanol–water partition coefficient (Wildman–Crippen LogP) is 2.76. The van der Waals surface area contributed by atoms with E-state index in [9.17, 15) is 9.18 Å². The molecule has 1 aromatic rings. The average molecular weight is 323 g/mol. The molecule has 5 nitrogen and oxygen atoms in total. The Bertz CT molecular complexity index is 617. The number of carbonyl (C=O) groups is 1. The van der Waals surface area contributed by atoms with Crippen LogP contribution >= 0.6 is 0 Å². The van der Waals surface area contributed by atoms with E-state index in [0.29, 0.717) is 16.6 Å². The summed E-state index contributed by atoms with van der Waals surface area (Å²) < 4.78 is 26.5. The first-order valence-corrected chi connectivity index (χ1v) is 7.60. The Morgan fingerprint density at radius 1 is 1.26 bits per heavy atom. The molecular formula is C16H23BFNO4. The third-order valence-electron chi connectivity index (χ3n) is 4.77. The maximum Gasteiger partial charge on any atom is 0.497 e. The molecule has 1 heterocycles. The molecule has 0 radical (unpaired) electrons. The Hall–Kier alpha value is -1.60. The molecule has 1 aromatic carbocycles. The topological polar surface area (TPSA) is 67.8 Å². The van der Waals surface area contributed by atoms with E-state index in [1.165, 1.54) is 0 Å². The van der Waals surface area contributed by atoms with Crippen molar-refractivity contribution in [3.63, 3.8) is 0 Å². The molecule has 7 heteroatoms. The quantitative estimate of drug-likeness (QED) is 0.840. The molecule has 0 aromatic heterocycles. The van der Waals surface area contributed by atoms with E-state index in [1.54, 1.807) is 26.0 Å². The van der Waals surface area contributed by atoms with Gasteiger partial charge in [-0.1, -0.05) is 12.1 Å². The fraction of sp³-hybridized carbons (Fsp3) is 0.562. The van der Waals surface area contributed by atoms with Gasteiger partial charge in [0.2, 0.25) is 0 Å². The molecule has 0 saturated carbocycles. The van der Waals surface area contributed by atoms with Gasteiger partial charge in [0, 0.05) is 5.46 Å². The Labute approximate surface area is 136 Å². The van der Waals surface area contributed by atoms with Crippen LogP contribution in [0.5, 0.6) is 0 Å². The summed E-state index contributed by atoms with van der Waals surface area (Å²) in [6.45, 7) is 10.9. The van der Waals surface area contributed by atoms with Crippen molar-refractivity contribution in [1.29, 1.82) is 0 Å². The molecule has 126 valence electrons. The van der Waals surface area contributed by atoms with Crippen LogP contribution < -0.4 is 10.8 Å². The number of rotatable bonds is 3. The third-order valence-corrected chi connectivity index (χ3v) is 4.77. The molecule has 2 N–H and O–H groups in total. The van der Waals surface area contributed by atoms with Gasteiger partial charge in [-0.3, -0.25) is 0 Å². The van der Waals surface area contributed by atoms with Crippen LogP contribution in [0.2, 0.25) is 0 Å². The van der Waals surface area contributed by atoms with E-state index in [4.69, 9.17) is 14.4 Å². The standard InChI is InChI=1S/C16H23BFNO4/c1-9-11(10(2)19-14(20)21)7-8-12(13(9)18)17-22-15(3,4)16(5,6)23-17/h7-8,10,19H,1-6H3,(H,20,21)/t10-/m1/s1. The molecule has 1 atom stereocenters. The fourth-order valence-corrected chi connectivity index (χ4v) is 2.61. The second kappa shape index (κ2) is 5.80. The lowest BCUT2D eigenvalue weighted by atomic mass is 9.76. The smallest absolute Gasteiger partial charge is 0.465 e. The summed E-state index contributed by atoms with van der Waals surface area (Å²) in [6, 6.07) is 2.80. The van der Waals surface area contributed by atoms with Gasteiger partial charge in [0.25, 0.3) is 0 Å². The van der Waals surface area contributed by atoms with E-state index in [-0.39, 0.29) is 0 Å². The normalized spacial score (nSPS) is 20.4. The van der Waals surface area contributed by atoms with Crippen molar-refractivity contribution >= 4 is 18.7 Å². The van der Waals surface area contributed by atoms with Crippen molar-refractivity contribution < 1.29 is 23.6 Å². The predicted molar refractivity (Wildman–Crippen MR) is 86.4 cm³/mol. The minimum atomic E-state index is -1.15. The molecule has 1 amide bonds. The van der Waals surface area contributed by atoms with Crippen LogP contribution in [-0.2, 0) is 9.31 Å². The van der Waals surface area contributed by atoms with Crippen LogP contribution in [-0.4, -0.2) is 29.5 Å². The summed E-state index contributed by atoms with van der Waals surface area (Å²) in [5.74, 6) is -0.431. The first kappa shape index (κ1) is 17.8. The lowest BCUT2D eigenvalue weighted by Crippen LogP contribution is -2.41. The number of nitrogens with one attached hydrogen (secondary N) is 1. The van der Waals surface area contributed by atoms with Gasteiger partial charge in [-0.05, 0) is 52.7 Å². The number of hydrogen-bond acceptors (Lipinski definition) is 3. The lowest BCUT2D eigenvalue weighted by Gasteiger charge is -2.32. The van der Waals surface area contributed by atoms with Gasteiger partial charge in [-0.2, -0.15) is 0 Å². The fourth-order valence-electron chi connectivity index (χ4n) is 2.61. The van der Waals surface area contributed by atoms with Crippen molar-refractivity contribution in [2.24, 2.45) is 0 Å². The first-order valence-electron chi connectivity index (χ1n) is 7.60. The number of amides is 1. The summed E-state index contributed by atoms with van der Waals surface area (Å²) in [5.41, 5.74) is 0.208. The highest BCUT2D eigenvalue weighted by molar-refractivity contribution is 6.62. The highest BCUT2D eigenvalue weighted by Gasteiger charge is 2.52. The Kier molecular flexibility index (Phi) is 4.48. The number of benzene rings is 1. The van der Waals surface area contributed by atoms with Gasteiger partial charge in [0.15, 0.2) is 0 Å². The van der Waals surface area contributed by atoms with Gasteiger partial charge in [-0.25, -0.2) is 9.18 Å². The minimum absolute atomic E-state index is 0.326. The third kappa shape index (κ3) is 3.21. The Morgan fingerprint density at radius 3 is 2.26 bits per heavy atom.